The molecular weight excluding hydrogens is 333 g/mol. The molecule has 0 unspecified atom stereocenters. The van der Waals surface area contributed by atoms with Gasteiger partial charge in [0.25, 0.3) is 0 Å². The number of amides is 1. The average molecular weight is 353 g/mol. The van der Waals surface area contributed by atoms with Gasteiger partial charge in [-0.25, -0.2) is 4.39 Å². The zero-order chi connectivity index (χ0) is 18.9. The fourth-order valence-corrected chi connectivity index (χ4v) is 2.37. The molecule has 0 radical (unpaired) electrons. The Kier molecular flexibility index (Phi) is 4.50. The summed E-state index contributed by atoms with van der Waals surface area (Å²) in [5.74, 6) is -0.524. The first-order valence-corrected chi connectivity index (χ1v) is 8.20. The molecule has 0 bridgehead atoms. The molecule has 0 fully saturated rings. The van der Waals surface area contributed by atoms with E-state index in [4.69, 9.17) is 0 Å². The van der Waals surface area contributed by atoms with Crippen molar-refractivity contribution in [2.45, 2.75) is 20.8 Å². The number of aromatic nitrogens is 2. The molecule has 3 aromatic rings. The molecule has 3 N–H and O–H groups in total. The number of anilines is 1. The van der Waals surface area contributed by atoms with E-state index < -0.39 is 11.2 Å². The molecule has 0 saturated carbocycles. The summed E-state index contributed by atoms with van der Waals surface area (Å²) in [6.45, 7) is 5.55. The monoisotopic (exact) mass is 353 g/mol. The van der Waals surface area contributed by atoms with Crippen LogP contribution in [0.1, 0.15) is 20.8 Å². The number of halogens is 1. The molecule has 0 saturated heterocycles. The molecule has 0 atom stereocenters. The minimum Gasteiger partial charge on any atom is -0.507 e. The van der Waals surface area contributed by atoms with Gasteiger partial charge in [0.2, 0.25) is 5.91 Å². The fourth-order valence-electron chi connectivity index (χ4n) is 2.37. The summed E-state index contributed by atoms with van der Waals surface area (Å²) < 4.78 is 13.4. The second-order valence-corrected chi connectivity index (χ2v) is 7.11. The van der Waals surface area contributed by atoms with Gasteiger partial charge in [0.15, 0.2) is 0 Å². The third kappa shape index (κ3) is 3.74. The molecule has 0 aliphatic heterocycles. The second-order valence-electron chi connectivity index (χ2n) is 7.11. The predicted molar refractivity (Wildman–Crippen MR) is 99.2 cm³/mol. The second kappa shape index (κ2) is 6.63. The van der Waals surface area contributed by atoms with Crippen molar-refractivity contribution < 1.29 is 14.3 Å². The van der Waals surface area contributed by atoms with Gasteiger partial charge >= 0.3 is 0 Å². The third-order valence-corrected chi connectivity index (χ3v) is 3.95. The van der Waals surface area contributed by atoms with E-state index in [9.17, 15) is 14.3 Å². The summed E-state index contributed by atoms with van der Waals surface area (Å²) in [7, 11) is 0. The maximum Gasteiger partial charge on any atom is 0.229 e. The van der Waals surface area contributed by atoms with Crippen molar-refractivity contribution in [1.29, 1.82) is 0 Å². The fraction of sp³-hybridized carbons (Fsp3) is 0.200. The van der Waals surface area contributed by atoms with E-state index in [1.165, 1.54) is 18.2 Å². The van der Waals surface area contributed by atoms with E-state index in [-0.39, 0.29) is 11.7 Å². The number of carbonyl (C=O) groups is 1. The molecule has 3 rings (SSSR count). The topological polar surface area (TPSA) is 78.0 Å². The average Bonchev–Trinajstić information content (AvgIpc) is 3.06. The van der Waals surface area contributed by atoms with Crippen LogP contribution in [0.4, 0.5) is 10.1 Å². The molecule has 1 heterocycles. The first-order valence-electron chi connectivity index (χ1n) is 8.20. The Morgan fingerprint density at radius 2 is 1.81 bits per heavy atom. The Bertz CT molecular complexity index is 940. The Hall–Kier alpha value is -3.15. The van der Waals surface area contributed by atoms with Crippen molar-refractivity contribution in [2.24, 2.45) is 5.41 Å². The van der Waals surface area contributed by atoms with Crippen molar-refractivity contribution in [3.63, 3.8) is 0 Å². The standard InChI is InChI=1S/C20H20FN3O2/c1-20(2,3)19(26)22-14-7-4-12(5-8-14)16-11-17(24-23-16)15-10-13(21)6-9-18(15)25/h4-11,25H,1-3H3,(H,22,26)(H,23,24). The number of benzene rings is 2. The van der Waals surface area contributed by atoms with Crippen LogP contribution in [0.15, 0.2) is 48.5 Å². The highest BCUT2D eigenvalue weighted by Crippen LogP contribution is 2.31. The largest absolute Gasteiger partial charge is 0.507 e. The van der Waals surface area contributed by atoms with Gasteiger partial charge in [-0.2, -0.15) is 5.10 Å². The zero-order valence-electron chi connectivity index (χ0n) is 14.8. The van der Waals surface area contributed by atoms with Crippen molar-refractivity contribution in [3.8, 4) is 28.3 Å². The number of carbonyl (C=O) groups excluding carboxylic acids is 1. The van der Waals surface area contributed by atoms with Crippen LogP contribution < -0.4 is 5.32 Å². The van der Waals surface area contributed by atoms with Crippen LogP contribution in [0.5, 0.6) is 5.75 Å². The molecule has 0 aliphatic rings. The highest BCUT2D eigenvalue weighted by atomic mass is 19.1. The number of nitrogens with one attached hydrogen (secondary N) is 2. The highest BCUT2D eigenvalue weighted by Gasteiger charge is 2.21. The lowest BCUT2D eigenvalue weighted by Gasteiger charge is -2.17. The molecular formula is C20H20FN3O2. The van der Waals surface area contributed by atoms with E-state index >= 15 is 0 Å². The predicted octanol–water partition coefficient (Wildman–Crippen LogP) is 4.57. The van der Waals surface area contributed by atoms with Crippen LogP contribution in [0.25, 0.3) is 22.5 Å². The van der Waals surface area contributed by atoms with E-state index in [0.29, 0.717) is 22.6 Å². The minimum absolute atomic E-state index is 0.0261. The van der Waals surface area contributed by atoms with Crippen LogP contribution >= 0.6 is 0 Å². The number of H-pyrrole nitrogens is 1. The van der Waals surface area contributed by atoms with E-state index in [1.807, 2.05) is 32.9 Å². The summed E-state index contributed by atoms with van der Waals surface area (Å²) in [6, 6.07) is 12.8. The Balaban J connectivity index is 1.82. The highest BCUT2D eigenvalue weighted by molar-refractivity contribution is 5.94. The quantitative estimate of drug-likeness (QED) is 0.645. The number of hydrogen-bond donors (Lipinski definition) is 3. The minimum atomic E-state index is -0.470. The number of phenolic OH excluding ortho intramolecular Hbond substituents is 1. The number of phenols is 1. The molecule has 1 aromatic heterocycles. The lowest BCUT2D eigenvalue weighted by atomic mass is 9.95. The molecule has 5 nitrogen and oxygen atoms in total. The number of rotatable bonds is 3. The molecule has 1 amide bonds. The van der Waals surface area contributed by atoms with Crippen molar-refractivity contribution in [1.82, 2.24) is 10.2 Å². The van der Waals surface area contributed by atoms with Gasteiger partial charge in [0.1, 0.15) is 11.6 Å². The lowest BCUT2D eigenvalue weighted by Crippen LogP contribution is -2.27. The molecule has 134 valence electrons. The molecule has 0 spiro atoms. The van der Waals surface area contributed by atoms with E-state index in [1.54, 1.807) is 18.2 Å². The van der Waals surface area contributed by atoms with Crippen LogP contribution in [-0.2, 0) is 4.79 Å². The van der Waals surface area contributed by atoms with Crippen molar-refractivity contribution in [2.75, 3.05) is 5.32 Å². The number of aromatic amines is 1. The smallest absolute Gasteiger partial charge is 0.229 e. The van der Waals surface area contributed by atoms with Crippen LogP contribution in [0.2, 0.25) is 0 Å². The first-order chi connectivity index (χ1) is 12.2. The van der Waals surface area contributed by atoms with E-state index in [0.717, 1.165) is 5.56 Å². The van der Waals surface area contributed by atoms with Crippen LogP contribution in [0.3, 0.4) is 0 Å². The summed E-state index contributed by atoms with van der Waals surface area (Å²) in [5, 5.41) is 19.8. The summed E-state index contributed by atoms with van der Waals surface area (Å²) in [4.78, 5) is 12.0. The van der Waals surface area contributed by atoms with Gasteiger partial charge in [-0.15, -0.1) is 0 Å². The van der Waals surface area contributed by atoms with Gasteiger partial charge in [-0.1, -0.05) is 32.9 Å². The summed E-state index contributed by atoms with van der Waals surface area (Å²) >= 11 is 0. The van der Waals surface area contributed by atoms with E-state index in [2.05, 4.69) is 15.5 Å². The Labute approximate surface area is 150 Å². The van der Waals surface area contributed by atoms with Gasteiger partial charge in [0, 0.05) is 22.2 Å². The Morgan fingerprint density at radius 3 is 2.46 bits per heavy atom. The van der Waals surface area contributed by atoms with Crippen LogP contribution in [-0.4, -0.2) is 21.2 Å². The number of hydrogen-bond acceptors (Lipinski definition) is 3. The maximum atomic E-state index is 13.4. The SMILES string of the molecule is CC(C)(C)C(=O)Nc1ccc(-c2cc(-c3cc(F)ccc3O)[nH]n2)cc1. The first kappa shape index (κ1) is 17.7. The van der Waals surface area contributed by atoms with Crippen LogP contribution in [0, 0.1) is 11.2 Å². The van der Waals surface area contributed by atoms with Crippen molar-refractivity contribution >= 4 is 11.6 Å². The third-order valence-electron chi connectivity index (χ3n) is 3.95. The Morgan fingerprint density at radius 1 is 1.12 bits per heavy atom. The normalized spacial score (nSPS) is 11.4. The molecule has 6 heteroatoms. The zero-order valence-corrected chi connectivity index (χ0v) is 14.8. The number of aromatic hydroxyl groups is 1. The van der Waals surface area contributed by atoms with Gasteiger partial charge in [0.05, 0.1) is 11.4 Å². The van der Waals surface area contributed by atoms with Gasteiger partial charge in [-0.3, -0.25) is 9.89 Å². The van der Waals surface area contributed by atoms with Gasteiger partial charge in [-0.05, 0) is 36.4 Å². The summed E-state index contributed by atoms with van der Waals surface area (Å²) in [5.41, 5.74) is 2.57. The lowest BCUT2D eigenvalue weighted by molar-refractivity contribution is -0.123. The maximum absolute atomic E-state index is 13.4. The molecule has 0 aliphatic carbocycles. The number of nitrogens with zero attached hydrogens (tertiary/aromatic N) is 1. The molecule has 26 heavy (non-hydrogen) atoms. The molecule has 2 aromatic carbocycles. The van der Waals surface area contributed by atoms with Gasteiger partial charge < -0.3 is 10.4 Å². The summed E-state index contributed by atoms with van der Waals surface area (Å²) in [6.07, 6.45) is 0. The van der Waals surface area contributed by atoms with Crippen molar-refractivity contribution in [3.05, 3.63) is 54.3 Å².